The average Bonchev–Trinajstić information content (AvgIpc) is 3.18. The maximum absolute atomic E-state index is 13.2. The van der Waals surface area contributed by atoms with Crippen molar-refractivity contribution in [3.8, 4) is 5.69 Å². The number of non-ortho nitro benzene ring substituents is 1. The van der Waals surface area contributed by atoms with Gasteiger partial charge in [0.15, 0.2) is 11.2 Å². The molecule has 0 radical (unpaired) electrons. The van der Waals surface area contributed by atoms with Crippen molar-refractivity contribution < 1.29 is 14.1 Å². The molecule has 30 heavy (non-hydrogen) atoms. The summed E-state index contributed by atoms with van der Waals surface area (Å²) in [6.45, 7) is 0. The molecule has 150 valence electrons. The van der Waals surface area contributed by atoms with Crippen LogP contribution in [0.1, 0.15) is 0 Å². The molecule has 2 aromatic carbocycles. The Morgan fingerprint density at radius 2 is 1.87 bits per heavy atom. The number of nitro benzene ring substituents is 1. The van der Waals surface area contributed by atoms with Crippen molar-refractivity contribution in [3.05, 3.63) is 70.8 Å². The highest BCUT2D eigenvalue weighted by Crippen LogP contribution is 2.24. The summed E-state index contributed by atoms with van der Waals surface area (Å²) >= 11 is 1.15. The van der Waals surface area contributed by atoms with Gasteiger partial charge in [0, 0.05) is 17.8 Å². The third-order valence-electron chi connectivity index (χ3n) is 3.98. The van der Waals surface area contributed by atoms with Gasteiger partial charge in [0.2, 0.25) is 5.91 Å². The van der Waals surface area contributed by atoms with Crippen LogP contribution in [-0.2, 0) is 4.79 Å². The fourth-order valence-corrected chi connectivity index (χ4v) is 3.32. The van der Waals surface area contributed by atoms with E-state index in [9.17, 15) is 19.3 Å². The lowest BCUT2D eigenvalue weighted by Crippen LogP contribution is -2.14. The number of amides is 1. The molecule has 0 aliphatic heterocycles. The van der Waals surface area contributed by atoms with E-state index in [-0.39, 0.29) is 23.2 Å². The quantitative estimate of drug-likeness (QED) is 0.216. The lowest BCUT2D eigenvalue weighted by atomic mass is 10.3. The predicted octanol–water partition coefficient (Wildman–Crippen LogP) is 2.99. The number of rotatable bonds is 6. The minimum Gasteiger partial charge on any atom is -0.325 e. The molecule has 0 fully saturated rings. The Morgan fingerprint density at radius 1 is 1.13 bits per heavy atom. The SMILES string of the molecule is O=C(CSc1ncnc2c1nnn2-c1ccc(F)cc1)Nc1ccc([N+](=O)[O-])cc1. The minimum absolute atomic E-state index is 0.0342. The summed E-state index contributed by atoms with van der Waals surface area (Å²) in [4.78, 5) is 30.7. The van der Waals surface area contributed by atoms with Gasteiger partial charge in [0.1, 0.15) is 17.2 Å². The number of thioether (sulfide) groups is 1. The van der Waals surface area contributed by atoms with E-state index >= 15 is 0 Å². The Balaban J connectivity index is 1.47. The number of benzene rings is 2. The summed E-state index contributed by atoms with van der Waals surface area (Å²) < 4.78 is 14.6. The molecule has 1 amide bonds. The number of carbonyl (C=O) groups is 1. The van der Waals surface area contributed by atoms with Crippen LogP contribution < -0.4 is 5.32 Å². The molecular formula is C18H12FN7O3S. The highest BCUT2D eigenvalue weighted by Gasteiger charge is 2.15. The number of nitrogens with zero attached hydrogens (tertiary/aromatic N) is 6. The standard InChI is InChI=1S/C18H12FN7O3S/c19-11-1-5-13(6-2-11)25-17-16(23-24-25)18(21-10-20-17)30-9-15(27)22-12-3-7-14(8-4-12)26(28)29/h1-8,10H,9H2,(H,22,27). The van der Waals surface area contributed by atoms with E-state index in [2.05, 4.69) is 25.6 Å². The van der Waals surface area contributed by atoms with Crippen LogP contribution in [-0.4, -0.2) is 41.5 Å². The van der Waals surface area contributed by atoms with Gasteiger partial charge in [-0.3, -0.25) is 14.9 Å². The number of anilines is 1. The van der Waals surface area contributed by atoms with E-state index in [1.807, 2.05) is 0 Å². The van der Waals surface area contributed by atoms with E-state index < -0.39 is 4.92 Å². The summed E-state index contributed by atoms with van der Waals surface area (Å²) in [5.41, 5.74) is 1.81. The zero-order valence-electron chi connectivity index (χ0n) is 15.1. The van der Waals surface area contributed by atoms with Crippen molar-refractivity contribution in [3.63, 3.8) is 0 Å². The van der Waals surface area contributed by atoms with Crippen molar-refractivity contribution in [1.82, 2.24) is 25.0 Å². The van der Waals surface area contributed by atoms with Crippen molar-refractivity contribution in [2.45, 2.75) is 5.03 Å². The first-order valence-electron chi connectivity index (χ1n) is 8.51. The van der Waals surface area contributed by atoms with Gasteiger partial charge in [-0.15, -0.1) is 5.10 Å². The van der Waals surface area contributed by atoms with E-state index in [0.29, 0.717) is 27.6 Å². The van der Waals surface area contributed by atoms with Crippen molar-refractivity contribution in [2.24, 2.45) is 0 Å². The first-order valence-corrected chi connectivity index (χ1v) is 9.49. The molecule has 1 N–H and O–H groups in total. The molecule has 2 heterocycles. The van der Waals surface area contributed by atoms with Crippen molar-refractivity contribution in [2.75, 3.05) is 11.1 Å². The summed E-state index contributed by atoms with van der Waals surface area (Å²) in [7, 11) is 0. The molecule has 0 bridgehead atoms. The lowest BCUT2D eigenvalue weighted by Gasteiger charge is -2.05. The van der Waals surface area contributed by atoms with Crippen LogP contribution in [0.2, 0.25) is 0 Å². The Morgan fingerprint density at radius 3 is 2.57 bits per heavy atom. The van der Waals surface area contributed by atoms with Crippen LogP contribution in [0.4, 0.5) is 15.8 Å². The van der Waals surface area contributed by atoms with Crippen LogP contribution in [0.5, 0.6) is 0 Å². The molecule has 0 spiro atoms. The molecule has 12 heteroatoms. The largest absolute Gasteiger partial charge is 0.325 e. The summed E-state index contributed by atoms with van der Waals surface area (Å²) in [5, 5.41) is 21.9. The average molecular weight is 425 g/mol. The molecule has 4 aromatic rings. The normalized spacial score (nSPS) is 10.8. The molecule has 0 aliphatic carbocycles. The van der Waals surface area contributed by atoms with Crippen LogP contribution in [0.15, 0.2) is 59.9 Å². The zero-order chi connectivity index (χ0) is 21.1. The van der Waals surface area contributed by atoms with Gasteiger partial charge >= 0.3 is 0 Å². The monoisotopic (exact) mass is 425 g/mol. The molecule has 10 nitrogen and oxygen atoms in total. The molecule has 0 aliphatic rings. The topological polar surface area (TPSA) is 129 Å². The maximum Gasteiger partial charge on any atom is 0.269 e. The van der Waals surface area contributed by atoms with Gasteiger partial charge in [-0.2, -0.15) is 4.68 Å². The van der Waals surface area contributed by atoms with Crippen molar-refractivity contribution in [1.29, 1.82) is 0 Å². The third kappa shape index (κ3) is 4.07. The van der Waals surface area contributed by atoms with E-state index in [1.54, 1.807) is 12.1 Å². The fourth-order valence-electron chi connectivity index (χ4n) is 2.59. The van der Waals surface area contributed by atoms with E-state index in [4.69, 9.17) is 0 Å². The molecule has 0 saturated heterocycles. The highest BCUT2D eigenvalue weighted by molar-refractivity contribution is 8.00. The van der Waals surface area contributed by atoms with Gasteiger partial charge in [0.05, 0.1) is 16.4 Å². The van der Waals surface area contributed by atoms with Crippen molar-refractivity contribution >= 4 is 40.2 Å². The van der Waals surface area contributed by atoms with Gasteiger partial charge in [-0.05, 0) is 36.4 Å². The number of nitrogens with one attached hydrogen (secondary N) is 1. The Labute approximate surface area is 172 Å². The van der Waals surface area contributed by atoms with Crippen LogP contribution in [0.3, 0.4) is 0 Å². The number of hydrogen-bond donors (Lipinski definition) is 1. The molecule has 2 aromatic heterocycles. The first-order chi connectivity index (χ1) is 14.5. The number of fused-ring (bicyclic) bond motifs is 1. The van der Waals surface area contributed by atoms with Gasteiger partial charge in [0.25, 0.3) is 5.69 Å². The second-order valence-corrected chi connectivity index (χ2v) is 6.93. The van der Waals surface area contributed by atoms with Crippen LogP contribution >= 0.6 is 11.8 Å². The molecule has 0 unspecified atom stereocenters. The maximum atomic E-state index is 13.2. The van der Waals surface area contributed by atoms with Crippen LogP contribution in [0.25, 0.3) is 16.9 Å². The second-order valence-electron chi connectivity index (χ2n) is 5.97. The summed E-state index contributed by atoms with van der Waals surface area (Å²) in [6, 6.07) is 11.3. The molecule has 4 rings (SSSR count). The smallest absolute Gasteiger partial charge is 0.269 e. The minimum atomic E-state index is -0.513. The summed E-state index contributed by atoms with van der Waals surface area (Å²) in [6.07, 6.45) is 1.34. The van der Waals surface area contributed by atoms with Gasteiger partial charge in [-0.1, -0.05) is 17.0 Å². The second kappa shape index (κ2) is 8.21. The summed E-state index contributed by atoms with van der Waals surface area (Å²) in [5.74, 6) is -0.647. The highest BCUT2D eigenvalue weighted by atomic mass is 32.2. The van der Waals surface area contributed by atoms with Gasteiger partial charge < -0.3 is 5.32 Å². The molecule has 0 saturated carbocycles. The molecular weight excluding hydrogens is 413 g/mol. The first kappa shape index (κ1) is 19.4. The zero-order valence-corrected chi connectivity index (χ0v) is 15.9. The number of aromatic nitrogens is 5. The Bertz CT molecular complexity index is 1230. The number of halogens is 1. The van der Waals surface area contributed by atoms with E-state index in [0.717, 1.165) is 11.8 Å². The Kier molecular flexibility index (Phi) is 5.30. The predicted molar refractivity (Wildman–Crippen MR) is 107 cm³/mol. The lowest BCUT2D eigenvalue weighted by molar-refractivity contribution is -0.384. The van der Waals surface area contributed by atoms with Gasteiger partial charge in [-0.25, -0.2) is 14.4 Å². The van der Waals surface area contributed by atoms with Crippen LogP contribution in [0, 0.1) is 15.9 Å². The third-order valence-corrected chi connectivity index (χ3v) is 4.96. The number of nitro groups is 1. The number of hydrogen-bond acceptors (Lipinski definition) is 8. The fraction of sp³-hybridized carbons (Fsp3) is 0.0556. The number of carbonyl (C=O) groups excluding carboxylic acids is 1. The van der Waals surface area contributed by atoms with E-state index in [1.165, 1.54) is 47.4 Å². The Hall–Kier alpha value is -3.93. The molecule has 0 atom stereocenters.